The predicted octanol–water partition coefficient (Wildman–Crippen LogP) is 18.5. The lowest BCUT2D eigenvalue weighted by Gasteiger charge is -2.26. The first-order valence-corrected chi connectivity index (χ1v) is 31.6. The highest BCUT2D eigenvalue weighted by Crippen LogP contribution is 2.43. The summed E-state index contributed by atoms with van der Waals surface area (Å²) in [6.07, 6.45) is 71.4. The van der Waals surface area contributed by atoms with Crippen molar-refractivity contribution in [3.05, 3.63) is 60.8 Å². The summed E-state index contributed by atoms with van der Waals surface area (Å²) in [6, 6.07) is -0.768. The lowest BCUT2D eigenvalue weighted by molar-refractivity contribution is -0.870. The Morgan fingerprint density at radius 2 is 0.845 bits per heavy atom. The number of phosphoric acid groups is 1. The Hall–Kier alpha value is -1.80. The molecule has 416 valence electrons. The fourth-order valence-electron chi connectivity index (χ4n) is 8.84. The second-order valence-electron chi connectivity index (χ2n) is 21.7. The second kappa shape index (κ2) is 53.0. The minimum atomic E-state index is -4.33. The smallest absolute Gasteiger partial charge is 0.391 e. The SMILES string of the molecule is CC/C=C\C/C=C\C/C=C\C/C=C\C/C=C\CCCCCCCCCCCC(=O)NC(COP(=O)(O)OCC[N+](C)(C)C)C(O)CCCCCCCCCCCCCCCCCCCCCCCCCC. The van der Waals surface area contributed by atoms with Crippen LogP contribution in [-0.2, 0) is 18.4 Å². The summed E-state index contributed by atoms with van der Waals surface area (Å²) < 4.78 is 23.8. The van der Waals surface area contributed by atoms with Crippen LogP contribution in [0.5, 0.6) is 0 Å². The average molecular weight is 1020 g/mol. The minimum absolute atomic E-state index is 0.0716. The first-order chi connectivity index (χ1) is 34.5. The van der Waals surface area contributed by atoms with Gasteiger partial charge in [-0.1, -0.05) is 274 Å². The highest BCUT2D eigenvalue weighted by atomic mass is 31.2. The summed E-state index contributed by atoms with van der Waals surface area (Å²) in [4.78, 5) is 23.4. The van der Waals surface area contributed by atoms with Crippen LogP contribution in [0.3, 0.4) is 0 Å². The van der Waals surface area contributed by atoms with Gasteiger partial charge in [0.2, 0.25) is 5.91 Å². The van der Waals surface area contributed by atoms with Gasteiger partial charge in [0.1, 0.15) is 13.2 Å². The van der Waals surface area contributed by atoms with Gasteiger partial charge in [-0.15, -0.1) is 0 Å². The van der Waals surface area contributed by atoms with E-state index in [1.165, 1.54) is 173 Å². The van der Waals surface area contributed by atoms with Crippen molar-refractivity contribution < 1.29 is 32.9 Å². The van der Waals surface area contributed by atoms with Gasteiger partial charge in [-0.25, -0.2) is 4.57 Å². The van der Waals surface area contributed by atoms with E-state index in [-0.39, 0.29) is 19.1 Å². The second-order valence-corrected chi connectivity index (χ2v) is 23.2. The van der Waals surface area contributed by atoms with E-state index in [1.54, 1.807) is 0 Å². The maximum atomic E-state index is 13.0. The Morgan fingerprint density at radius 1 is 0.493 bits per heavy atom. The number of hydrogen-bond donors (Lipinski definition) is 3. The largest absolute Gasteiger partial charge is 0.472 e. The molecule has 0 heterocycles. The first kappa shape index (κ1) is 69.2. The molecule has 0 aliphatic rings. The highest BCUT2D eigenvalue weighted by Gasteiger charge is 2.28. The minimum Gasteiger partial charge on any atom is -0.391 e. The van der Waals surface area contributed by atoms with Crippen molar-refractivity contribution >= 4 is 13.7 Å². The lowest BCUT2D eigenvalue weighted by Crippen LogP contribution is -2.46. The molecular weight excluding hydrogens is 900 g/mol. The standard InChI is InChI=1S/C62H117N2O6P/c1-6-8-10-12-14-16-18-20-22-24-26-28-30-32-34-36-38-40-42-44-46-48-50-52-54-56-62(66)63-60(59-70-71(67,68)69-58-57-64(3,4)5)61(65)55-53-51-49-47-45-43-41-39-37-35-33-31-29-27-25-23-21-19-17-15-13-11-9-7-2/h8,10,14,16,20,22,26,28,32,34,60-61,65H,6-7,9,11-13,15,17-19,21,23-25,27,29-31,33,35-59H2,1-5H3,(H-,63,66,67,68)/p+1/b10-8-,16-14-,22-20-,28-26-,34-32-. The molecule has 71 heavy (non-hydrogen) atoms. The van der Waals surface area contributed by atoms with E-state index in [1.807, 2.05) is 21.1 Å². The van der Waals surface area contributed by atoms with Crippen LogP contribution in [-0.4, -0.2) is 73.4 Å². The third-order valence-electron chi connectivity index (χ3n) is 13.5. The van der Waals surface area contributed by atoms with Crippen LogP contribution in [0, 0.1) is 0 Å². The molecule has 0 aromatic rings. The van der Waals surface area contributed by atoms with Crippen LogP contribution in [0.4, 0.5) is 0 Å². The Labute approximate surface area is 441 Å². The number of carbonyl (C=O) groups excluding carboxylic acids is 1. The van der Waals surface area contributed by atoms with E-state index in [4.69, 9.17) is 9.05 Å². The number of allylic oxidation sites excluding steroid dienone is 10. The van der Waals surface area contributed by atoms with Crippen LogP contribution in [0.1, 0.15) is 277 Å². The van der Waals surface area contributed by atoms with Crippen molar-refractivity contribution in [1.29, 1.82) is 0 Å². The Bertz CT molecular complexity index is 1340. The number of phosphoric ester groups is 1. The van der Waals surface area contributed by atoms with Crippen LogP contribution in [0.15, 0.2) is 60.8 Å². The molecular formula is C62H118N2O6P+. The number of rotatable bonds is 55. The van der Waals surface area contributed by atoms with E-state index in [2.05, 4.69) is 79.9 Å². The quantitative estimate of drug-likeness (QED) is 0.0243. The van der Waals surface area contributed by atoms with E-state index >= 15 is 0 Å². The average Bonchev–Trinajstić information content (AvgIpc) is 3.33. The molecule has 3 atom stereocenters. The molecule has 0 spiro atoms. The summed E-state index contributed by atoms with van der Waals surface area (Å²) in [5, 5.41) is 14.1. The number of aliphatic hydroxyl groups is 1. The van der Waals surface area contributed by atoms with Gasteiger partial charge in [-0.05, 0) is 57.8 Å². The summed E-state index contributed by atoms with van der Waals surface area (Å²) in [5.74, 6) is -0.150. The zero-order chi connectivity index (χ0) is 52.0. The summed E-state index contributed by atoms with van der Waals surface area (Å²) in [6.45, 7) is 4.80. The molecule has 0 aromatic carbocycles. The monoisotopic (exact) mass is 1020 g/mol. The van der Waals surface area contributed by atoms with Crippen molar-refractivity contribution in [3.8, 4) is 0 Å². The maximum absolute atomic E-state index is 13.0. The van der Waals surface area contributed by atoms with Gasteiger partial charge in [-0.3, -0.25) is 13.8 Å². The lowest BCUT2D eigenvalue weighted by atomic mass is 10.0. The predicted molar refractivity (Wildman–Crippen MR) is 309 cm³/mol. The number of aliphatic hydroxyl groups excluding tert-OH is 1. The van der Waals surface area contributed by atoms with Crippen molar-refractivity contribution in [2.24, 2.45) is 0 Å². The number of amides is 1. The molecule has 1 amide bonds. The van der Waals surface area contributed by atoms with Crippen molar-refractivity contribution in [2.45, 2.75) is 289 Å². The highest BCUT2D eigenvalue weighted by molar-refractivity contribution is 7.47. The molecule has 0 bridgehead atoms. The number of nitrogens with zero attached hydrogens (tertiary/aromatic N) is 1. The third kappa shape index (κ3) is 55.8. The molecule has 3 N–H and O–H groups in total. The Morgan fingerprint density at radius 3 is 1.24 bits per heavy atom. The van der Waals surface area contributed by atoms with E-state index < -0.39 is 20.0 Å². The van der Waals surface area contributed by atoms with Crippen molar-refractivity contribution in [1.82, 2.24) is 5.32 Å². The molecule has 0 aromatic heterocycles. The Kier molecular flexibility index (Phi) is 51.7. The molecule has 8 nitrogen and oxygen atoms in total. The normalized spacial score (nSPS) is 14.3. The van der Waals surface area contributed by atoms with Crippen LogP contribution >= 0.6 is 7.82 Å². The molecule has 0 saturated carbocycles. The molecule has 0 saturated heterocycles. The molecule has 0 rings (SSSR count). The van der Waals surface area contributed by atoms with Gasteiger partial charge in [0.05, 0.1) is 39.9 Å². The van der Waals surface area contributed by atoms with Crippen molar-refractivity contribution in [3.63, 3.8) is 0 Å². The molecule has 0 radical (unpaired) electrons. The van der Waals surface area contributed by atoms with E-state index in [9.17, 15) is 19.4 Å². The molecule has 9 heteroatoms. The molecule has 0 fully saturated rings. The summed E-state index contributed by atoms with van der Waals surface area (Å²) in [7, 11) is 1.61. The number of quaternary nitrogens is 1. The maximum Gasteiger partial charge on any atom is 0.472 e. The topological polar surface area (TPSA) is 105 Å². The van der Waals surface area contributed by atoms with E-state index in [0.29, 0.717) is 23.9 Å². The van der Waals surface area contributed by atoms with E-state index in [0.717, 1.165) is 77.0 Å². The number of carbonyl (C=O) groups is 1. The zero-order valence-electron chi connectivity index (χ0n) is 47.5. The first-order valence-electron chi connectivity index (χ1n) is 30.2. The van der Waals surface area contributed by atoms with Gasteiger partial charge in [0, 0.05) is 6.42 Å². The Balaban J connectivity index is 4.17. The number of likely N-dealkylation sites (N-methyl/N-ethyl adjacent to an activating group) is 1. The van der Waals surface area contributed by atoms with Crippen LogP contribution < -0.4 is 5.32 Å². The fraction of sp³-hybridized carbons (Fsp3) is 0.823. The molecule has 3 unspecified atom stereocenters. The number of unbranched alkanes of at least 4 members (excludes halogenated alkanes) is 32. The van der Waals surface area contributed by atoms with Gasteiger partial charge in [0.15, 0.2) is 0 Å². The van der Waals surface area contributed by atoms with Gasteiger partial charge >= 0.3 is 7.82 Å². The van der Waals surface area contributed by atoms with Gasteiger partial charge in [0.25, 0.3) is 0 Å². The van der Waals surface area contributed by atoms with Gasteiger partial charge in [-0.2, -0.15) is 0 Å². The number of hydrogen-bond acceptors (Lipinski definition) is 5. The third-order valence-corrected chi connectivity index (χ3v) is 14.5. The molecule has 0 aliphatic heterocycles. The van der Waals surface area contributed by atoms with Crippen molar-refractivity contribution in [2.75, 3.05) is 40.9 Å². The molecule has 0 aliphatic carbocycles. The van der Waals surface area contributed by atoms with Crippen LogP contribution in [0.25, 0.3) is 0 Å². The van der Waals surface area contributed by atoms with Gasteiger partial charge < -0.3 is 19.8 Å². The summed E-state index contributed by atoms with van der Waals surface area (Å²) in [5.41, 5.74) is 0. The number of nitrogens with one attached hydrogen (secondary N) is 1. The summed E-state index contributed by atoms with van der Waals surface area (Å²) >= 11 is 0. The zero-order valence-corrected chi connectivity index (χ0v) is 48.4. The van der Waals surface area contributed by atoms with Crippen LogP contribution in [0.2, 0.25) is 0 Å². The fourth-order valence-corrected chi connectivity index (χ4v) is 9.58.